The van der Waals surface area contributed by atoms with E-state index in [9.17, 15) is 14.9 Å². The number of hydrogen-bond donors (Lipinski definition) is 0. The number of nitrogens with zero attached hydrogens (tertiary/aromatic N) is 3. The number of aromatic nitrogens is 2. The second kappa shape index (κ2) is 5.99. The minimum absolute atomic E-state index is 0.00469. The SMILES string of the molecule is CCOc1c(-c2nnc(C(=O)OC)o2)cccc1[N+](=O)[O-]. The highest BCUT2D eigenvalue weighted by Crippen LogP contribution is 2.37. The molecule has 2 rings (SSSR count). The van der Waals surface area contributed by atoms with Gasteiger partial charge in [0.25, 0.3) is 5.89 Å². The average molecular weight is 293 g/mol. The molecule has 0 spiro atoms. The number of carbonyl (C=O) groups is 1. The lowest BCUT2D eigenvalue weighted by Crippen LogP contribution is -2.00. The van der Waals surface area contributed by atoms with Crippen LogP contribution in [0.3, 0.4) is 0 Å². The average Bonchev–Trinajstić information content (AvgIpc) is 2.96. The lowest BCUT2D eigenvalue weighted by Gasteiger charge is -2.07. The molecule has 0 aliphatic heterocycles. The standard InChI is InChI=1S/C12H11N3O6/c1-3-20-9-7(5-4-6-8(9)15(17)18)10-13-14-11(21-10)12(16)19-2/h4-6H,3H2,1-2H3. The number of methoxy groups -OCH3 is 1. The molecule has 0 saturated carbocycles. The largest absolute Gasteiger partial charge is 0.487 e. The zero-order valence-electron chi connectivity index (χ0n) is 11.2. The highest BCUT2D eigenvalue weighted by atomic mass is 16.6. The molecule has 0 radical (unpaired) electrons. The third-order valence-electron chi connectivity index (χ3n) is 2.50. The van der Waals surface area contributed by atoms with Crippen molar-refractivity contribution in [2.75, 3.05) is 13.7 Å². The van der Waals surface area contributed by atoms with Crippen LogP contribution in [0.1, 0.15) is 17.6 Å². The summed E-state index contributed by atoms with van der Waals surface area (Å²) in [7, 11) is 1.17. The van der Waals surface area contributed by atoms with Crippen molar-refractivity contribution >= 4 is 11.7 Å². The smallest absolute Gasteiger partial charge is 0.396 e. The quantitative estimate of drug-likeness (QED) is 0.465. The number of nitro groups is 1. The molecule has 110 valence electrons. The van der Waals surface area contributed by atoms with Crippen molar-refractivity contribution in [2.45, 2.75) is 6.92 Å². The number of benzene rings is 1. The molecule has 0 N–H and O–H groups in total. The first-order valence-electron chi connectivity index (χ1n) is 5.90. The first kappa shape index (κ1) is 14.4. The zero-order valence-corrected chi connectivity index (χ0v) is 11.2. The van der Waals surface area contributed by atoms with Gasteiger partial charge in [0.05, 0.1) is 24.2 Å². The number of hydrogen-bond acceptors (Lipinski definition) is 8. The number of carbonyl (C=O) groups excluding carboxylic acids is 1. The van der Waals surface area contributed by atoms with E-state index >= 15 is 0 Å². The first-order chi connectivity index (χ1) is 10.1. The van der Waals surface area contributed by atoms with Gasteiger partial charge in [-0.15, -0.1) is 10.2 Å². The van der Waals surface area contributed by atoms with Crippen molar-refractivity contribution in [3.05, 3.63) is 34.2 Å². The van der Waals surface area contributed by atoms with E-state index in [2.05, 4.69) is 14.9 Å². The Kier molecular flexibility index (Phi) is 4.12. The Morgan fingerprint density at radius 2 is 2.19 bits per heavy atom. The van der Waals surface area contributed by atoms with Crippen LogP contribution >= 0.6 is 0 Å². The normalized spacial score (nSPS) is 10.2. The van der Waals surface area contributed by atoms with E-state index in [0.717, 1.165) is 0 Å². The summed E-state index contributed by atoms with van der Waals surface area (Å²) in [5, 5.41) is 18.2. The Hall–Kier alpha value is -2.97. The second-order valence-corrected chi connectivity index (χ2v) is 3.75. The fourth-order valence-electron chi connectivity index (χ4n) is 1.63. The van der Waals surface area contributed by atoms with E-state index in [0.29, 0.717) is 0 Å². The van der Waals surface area contributed by atoms with Crippen LogP contribution in [0.5, 0.6) is 5.75 Å². The molecule has 9 heteroatoms. The van der Waals surface area contributed by atoms with Crippen LogP contribution in [0.4, 0.5) is 5.69 Å². The van der Waals surface area contributed by atoms with Gasteiger partial charge < -0.3 is 13.9 Å². The van der Waals surface area contributed by atoms with E-state index < -0.39 is 10.9 Å². The Morgan fingerprint density at radius 1 is 1.43 bits per heavy atom. The molecule has 0 amide bonds. The summed E-state index contributed by atoms with van der Waals surface area (Å²) in [6.07, 6.45) is 0. The lowest BCUT2D eigenvalue weighted by atomic mass is 10.1. The third-order valence-corrected chi connectivity index (χ3v) is 2.50. The molecule has 2 aromatic rings. The maximum atomic E-state index is 11.3. The molecule has 0 saturated heterocycles. The summed E-state index contributed by atoms with van der Waals surface area (Å²) in [5.74, 6) is -1.20. The van der Waals surface area contributed by atoms with Gasteiger partial charge in [0.1, 0.15) is 0 Å². The Balaban J connectivity index is 2.52. The maximum absolute atomic E-state index is 11.3. The minimum Gasteiger partial charge on any atom is -0.487 e. The zero-order chi connectivity index (χ0) is 15.4. The highest BCUT2D eigenvalue weighted by Gasteiger charge is 2.24. The van der Waals surface area contributed by atoms with Crippen LogP contribution in [-0.2, 0) is 4.74 Å². The molecular formula is C12H11N3O6. The molecule has 21 heavy (non-hydrogen) atoms. The van der Waals surface area contributed by atoms with Crippen molar-refractivity contribution in [1.29, 1.82) is 0 Å². The molecule has 1 heterocycles. The Labute approximate surface area is 118 Å². The van der Waals surface area contributed by atoms with Gasteiger partial charge in [-0.25, -0.2) is 4.79 Å². The van der Waals surface area contributed by atoms with Gasteiger partial charge in [-0.05, 0) is 13.0 Å². The minimum atomic E-state index is -0.794. The summed E-state index contributed by atoms with van der Waals surface area (Å²) in [4.78, 5) is 21.7. The molecule has 0 bridgehead atoms. The monoisotopic (exact) mass is 293 g/mol. The van der Waals surface area contributed by atoms with Crippen molar-refractivity contribution < 1.29 is 23.6 Å². The lowest BCUT2D eigenvalue weighted by molar-refractivity contribution is -0.385. The van der Waals surface area contributed by atoms with Gasteiger partial charge in [-0.1, -0.05) is 6.07 Å². The van der Waals surface area contributed by atoms with Crippen molar-refractivity contribution in [3.8, 4) is 17.2 Å². The van der Waals surface area contributed by atoms with Gasteiger partial charge in [0.2, 0.25) is 5.75 Å². The first-order valence-corrected chi connectivity index (χ1v) is 5.90. The molecular weight excluding hydrogens is 282 g/mol. The molecule has 0 unspecified atom stereocenters. The van der Waals surface area contributed by atoms with E-state index in [-0.39, 0.29) is 35.4 Å². The van der Waals surface area contributed by atoms with E-state index in [1.807, 2.05) is 0 Å². The van der Waals surface area contributed by atoms with Crippen LogP contribution in [0, 0.1) is 10.1 Å². The fraction of sp³-hybridized carbons (Fsp3) is 0.250. The number of para-hydroxylation sites is 1. The summed E-state index contributed by atoms with van der Waals surface area (Å²) >= 11 is 0. The topological polar surface area (TPSA) is 118 Å². The van der Waals surface area contributed by atoms with Gasteiger partial charge in [-0.2, -0.15) is 0 Å². The number of esters is 1. The molecule has 1 aromatic heterocycles. The molecule has 0 atom stereocenters. The van der Waals surface area contributed by atoms with Crippen LogP contribution in [0.2, 0.25) is 0 Å². The summed E-state index contributed by atoms with van der Waals surface area (Å²) < 4.78 is 14.9. The van der Waals surface area contributed by atoms with Crippen molar-refractivity contribution in [2.24, 2.45) is 0 Å². The van der Waals surface area contributed by atoms with Crippen LogP contribution in [0.25, 0.3) is 11.5 Å². The Bertz CT molecular complexity index is 681. The van der Waals surface area contributed by atoms with E-state index in [1.165, 1.54) is 25.3 Å². The second-order valence-electron chi connectivity index (χ2n) is 3.75. The van der Waals surface area contributed by atoms with Crippen LogP contribution in [-0.4, -0.2) is 34.8 Å². The number of ether oxygens (including phenoxy) is 2. The highest BCUT2D eigenvalue weighted by molar-refractivity contribution is 5.84. The van der Waals surface area contributed by atoms with Gasteiger partial charge >= 0.3 is 17.5 Å². The maximum Gasteiger partial charge on any atom is 0.396 e. The number of nitro benzene ring substituents is 1. The molecule has 0 aliphatic rings. The van der Waals surface area contributed by atoms with E-state index in [4.69, 9.17) is 9.15 Å². The van der Waals surface area contributed by atoms with E-state index in [1.54, 1.807) is 6.92 Å². The summed E-state index contributed by atoms with van der Waals surface area (Å²) in [5.41, 5.74) is 0.000807. The third kappa shape index (κ3) is 2.81. The molecule has 9 nitrogen and oxygen atoms in total. The molecule has 0 aliphatic carbocycles. The predicted octanol–water partition coefficient (Wildman–Crippen LogP) is 1.83. The fourth-order valence-corrected chi connectivity index (χ4v) is 1.63. The molecule has 0 fully saturated rings. The van der Waals surface area contributed by atoms with Crippen LogP contribution < -0.4 is 4.74 Å². The van der Waals surface area contributed by atoms with Crippen LogP contribution in [0.15, 0.2) is 22.6 Å². The van der Waals surface area contributed by atoms with Crippen molar-refractivity contribution in [3.63, 3.8) is 0 Å². The number of rotatable bonds is 5. The van der Waals surface area contributed by atoms with Gasteiger partial charge in [0, 0.05) is 6.07 Å². The van der Waals surface area contributed by atoms with Crippen molar-refractivity contribution in [1.82, 2.24) is 10.2 Å². The van der Waals surface area contributed by atoms with Gasteiger partial charge in [-0.3, -0.25) is 10.1 Å². The summed E-state index contributed by atoms with van der Waals surface area (Å²) in [6, 6.07) is 4.27. The predicted molar refractivity (Wildman–Crippen MR) is 68.9 cm³/mol. The molecule has 1 aromatic carbocycles. The van der Waals surface area contributed by atoms with Gasteiger partial charge in [0.15, 0.2) is 0 Å². The summed E-state index contributed by atoms with van der Waals surface area (Å²) in [6.45, 7) is 1.91. The Morgan fingerprint density at radius 3 is 2.81 bits per heavy atom.